The molecule has 1 unspecified atom stereocenters. The van der Waals surface area contributed by atoms with E-state index in [0.29, 0.717) is 13.2 Å². The highest BCUT2D eigenvalue weighted by atomic mass is 16.3. The normalized spacial score (nSPS) is 21.2. The minimum atomic E-state index is -0.413. The lowest BCUT2D eigenvalue weighted by Crippen LogP contribution is -2.43. The second kappa shape index (κ2) is 6.51. The first kappa shape index (κ1) is 14.5. The molecule has 3 nitrogen and oxygen atoms in total. The van der Waals surface area contributed by atoms with Gasteiger partial charge in [-0.2, -0.15) is 0 Å². The molecule has 1 aliphatic rings. The summed E-state index contributed by atoms with van der Waals surface area (Å²) in [5.41, 5.74) is 1.10. The molecule has 2 N–H and O–H groups in total. The minimum absolute atomic E-state index is 0.119. The number of likely N-dealkylation sites (tertiary alicyclic amines) is 1. The summed E-state index contributed by atoms with van der Waals surface area (Å²) in [4.78, 5) is 2.31. The number of aliphatic hydroxyl groups is 2. The van der Waals surface area contributed by atoms with Gasteiger partial charge in [0, 0.05) is 13.2 Å². The number of benzene rings is 1. The Hall–Kier alpha value is -0.900. The first-order valence-electron chi connectivity index (χ1n) is 7.25. The highest BCUT2D eigenvalue weighted by Crippen LogP contribution is 2.34. The van der Waals surface area contributed by atoms with E-state index in [4.69, 9.17) is 0 Å². The molecule has 1 atom stereocenters. The summed E-state index contributed by atoms with van der Waals surface area (Å²) in [6.45, 7) is 5.08. The fourth-order valence-electron chi connectivity index (χ4n) is 2.86. The molecule has 0 saturated carbocycles. The van der Waals surface area contributed by atoms with Crippen molar-refractivity contribution in [2.75, 3.05) is 26.2 Å². The largest absolute Gasteiger partial charge is 0.396 e. The molecule has 3 heteroatoms. The molecule has 1 aliphatic heterocycles. The summed E-state index contributed by atoms with van der Waals surface area (Å²) >= 11 is 0. The van der Waals surface area contributed by atoms with Crippen LogP contribution < -0.4 is 0 Å². The van der Waals surface area contributed by atoms with Gasteiger partial charge in [-0.05, 0) is 43.3 Å². The zero-order valence-corrected chi connectivity index (χ0v) is 11.8. The Bertz CT molecular complexity index is 366. The Morgan fingerprint density at radius 2 is 1.84 bits per heavy atom. The van der Waals surface area contributed by atoms with Crippen LogP contribution in [0.5, 0.6) is 0 Å². The van der Waals surface area contributed by atoms with Gasteiger partial charge >= 0.3 is 0 Å². The van der Waals surface area contributed by atoms with Crippen LogP contribution in [0.4, 0.5) is 0 Å². The number of rotatable bonds is 5. The molecule has 1 saturated heterocycles. The first-order chi connectivity index (χ1) is 9.19. The Balaban J connectivity index is 1.86. The van der Waals surface area contributed by atoms with E-state index in [2.05, 4.69) is 11.8 Å². The molecule has 1 fully saturated rings. The molecule has 1 aromatic rings. The lowest BCUT2D eigenvalue weighted by Gasteiger charge is -2.40. The van der Waals surface area contributed by atoms with Crippen molar-refractivity contribution in [1.82, 2.24) is 4.90 Å². The summed E-state index contributed by atoms with van der Waals surface area (Å²) < 4.78 is 0. The number of hydrogen-bond acceptors (Lipinski definition) is 3. The Morgan fingerprint density at radius 1 is 1.21 bits per heavy atom. The lowest BCUT2D eigenvalue weighted by molar-refractivity contribution is 0.0215. The number of aliphatic hydroxyl groups excluding tert-OH is 2. The molecule has 19 heavy (non-hydrogen) atoms. The molecular formula is C16H25NO2. The maximum absolute atomic E-state index is 10.2. The highest BCUT2D eigenvalue weighted by Gasteiger charge is 2.32. The van der Waals surface area contributed by atoms with Crippen LogP contribution in [0.15, 0.2) is 30.3 Å². The first-order valence-corrected chi connectivity index (χ1v) is 7.25. The number of nitrogens with zero attached hydrogens (tertiary/aromatic N) is 1. The maximum atomic E-state index is 10.2. The summed E-state index contributed by atoms with van der Waals surface area (Å²) in [5, 5.41) is 19.7. The molecule has 0 bridgehead atoms. The zero-order chi connectivity index (χ0) is 13.7. The van der Waals surface area contributed by atoms with Crippen LogP contribution in [-0.4, -0.2) is 41.4 Å². The predicted molar refractivity (Wildman–Crippen MR) is 76.9 cm³/mol. The van der Waals surface area contributed by atoms with E-state index >= 15 is 0 Å². The summed E-state index contributed by atoms with van der Waals surface area (Å²) in [6.07, 6.45) is 2.69. The van der Waals surface area contributed by atoms with Crippen LogP contribution in [0.2, 0.25) is 0 Å². The summed E-state index contributed by atoms with van der Waals surface area (Å²) in [6, 6.07) is 9.83. The van der Waals surface area contributed by atoms with E-state index in [-0.39, 0.29) is 5.41 Å². The average molecular weight is 263 g/mol. The fourth-order valence-corrected chi connectivity index (χ4v) is 2.86. The second-order valence-corrected chi connectivity index (χ2v) is 5.74. The van der Waals surface area contributed by atoms with Gasteiger partial charge in [-0.25, -0.2) is 0 Å². The zero-order valence-electron chi connectivity index (χ0n) is 11.8. The van der Waals surface area contributed by atoms with Gasteiger partial charge in [0.25, 0.3) is 0 Å². The molecule has 0 aromatic heterocycles. The number of piperidine rings is 1. The summed E-state index contributed by atoms with van der Waals surface area (Å²) in [5.74, 6) is 0. The standard InChI is InChI=1S/C16H25NO2/c1-2-16(13-18)8-10-17(11-9-16)12-15(19)14-6-4-3-5-7-14/h3-7,15,18-19H,2,8-13H2,1H3. The predicted octanol–water partition coefficient (Wildman–Crippen LogP) is 2.20. The van der Waals surface area contributed by atoms with Crippen molar-refractivity contribution in [2.24, 2.45) is 5.41 Å². The van der Waals surface area contributed by atoms with E-state index in [1.807, 2.05) is 30.3 Å². The fraction of sp³-hybridized carbons (Fsp3) is 0.625. The van der Waals surface area contributed by atoms with Gasteiger partial charge in [-0.15, -0.1) is 0 Å². The SMILES string of the molecule is CCC1(CO)CCN(CC(O)c2ccccc2)CC1. The molecule has 106 valence electrons. The van der Waals surface area contributed by atoms with Crippen LogP contribution in [0, 0.1) is 5.41 Å². The van der Waals surface area contributed by atoms with E-state index in [1.54, 1.807) is 0 Å². The molecule has 1 aromatic carbocycles. The van der Waals surface area contributed by atoms with Gasteiger partial charge in [0.1, 0.15) is 0 Å². The Morgan fingerprint density at radius 3 is 2.37 bits per heavy atom. The Kier molecular flexibility index (Phi) is 4.97. The van der Waals surface area contributed by atoms with Crippen LogP contribution >= 0.6 is 0 Å². The van der Waals surface area contributed by atoms with E-state index in [9.17, 15) is 10.2 Å². The van der Waals surface area contributed by atoms with Crippen LogP contribution in [0.25, 0.3) is 0 Å². The smallest absolute Gasteiger partial charge is 0.0916 e. The van der Waals surface area contributed by atoms with Crippen molar-refractivity contribution < 1.29 is 10.2 Å². The molecule has 2 rings (SSSR count). The van der Waals surface area contributed by atoms with Gasteiger partial charge < -0.3 is 15.1 Å². The third-order valence-corrected chi connectivity index (χ3v) is 4.62. The van der Waals surface area contributed by atoms with Crippen LogP contribution in [0.3, 0.4) is 0 Å². The Labute approximate surface area is 115 Å². The third-order valence-electron chi connectivity index (χ3n) is 4.62. The van der Waals surface area contributed by atoms with Crippen LogP contribution in [0.1, 0.15) is 37.9 Å². The topological polar surface area (TPSA) is 43.7 Å². The van der Waals surface area contributed by atoms with Gasteiger partial charge in [0.2, 0.25) is 0 Å². The number of β-amino-alcohol motifs (C(OH)–C–C–N with tert-alkyl or cyclic N) is 1. The quantitative estimate of drug-likeness (QED) is 0.856. The van der Waals surface area contributed by atoms with Crippen molar-refractivity contribution in [2.45, 2.75) is 32.3 Å². The van der Waals surface area contributed by atoms with Gasteiger partial charge in [-0.3, -0.25) is 0 Å². The van der Waals surface area contributed by atoms with Crippen molar-refractivity contribution >= 4 is 0 Å². The molecule has 0 amide bonds. The average Bonchev–Trinajstić information content (AvgIpc) is 2.49. The second-order valence-electron chi connectivity index (χ2n) is 5.74. The third kappa shape index (κ3) is 3.56. The monoisotopic (exact) mass is 263 g/mol. The van der Waals surface area contributed by atoms with Gasteiger partial charge in [0.15, 0.2) is 0 Å². The van der Waals surface area contributed by atoms with E-state index in [0.717, 1.165) is 37.9 Å². The minimum Gasteiger partial charge on any atom is -0.396 e. The molecular weight excluding hydrogens is 238 g/mol. The van der Waals surface area contributed by atoms with E-state index in [1.165, 1.54) is 0 Å². The summed E-state index contributed by atoms with van der Waals surface area (Å²) in [7, 11) is 0. The van der Waals surface area contributed by atoms with Crippen molar-refractivity contribution in [1.29, 1.82) is 0 Å². The molecule has 0 aliphatic carbocycles. The molecule has 0 spiro atoms. The maximum Gasteiger partial charge on any atom is 0.0916 e. The lowest BCUT2D eigenvalue weighted by atomic mass is 9.77. The highest BCUT2D eigenvalue weighted by molar-refractivity contribution is 5.17. The van der Waals surface area contributed by atoms with Crippen molar-refractivity contribution in [3.8, 4) is 0 Å². The number of hydrogen-bond donors (Lipinski definition) is 2. The van der Waals surface area contributed by atoms with Gasteiger partial charge in [0.05, 0.1) is 6.10 Å². The van der Waals surface area contributed by atoms with Crippen LogP contribution in [-0.2, 0) is 0 Å². The molecule has 0 radical (unpaired) electrons. The molecule has 1 heterocycles. The van der Waals surface area contributed by atoms with Gasteiger partial charge in [-0.1, -0.05) is 37.3 Å². The van der Waals surface area contributed by atoms with Crippen molar-refractivity contribution in [3.05, 3.63) is 35.9 Å². The van der Waals surface area contributed by atoms with E-state index < -0.39 is 6.10 Å². The van der Waals surface area contributed by atoms with Crippen molar-refractivity contribution in [3.63, 3.8) is 0 Å².